The molecule has 0 spiro atoms. The second kappa shape index (κ2) is 7.80. The molecule has 23 heavy (non-hydrogen) atoms. The molecular weight excluding hydrogens is 299 g/mol. The largest absolute Gasteiger partial charge is 0.493 e. The highest BCUT2D eigenvalue weighted by Gasteiger charge is 2.15. The molecule has 0 radical (unpaired) electrons. The summed E-state index contributed by atoms with van der Waals surface area (Å²) in [5, 5.41) is 11.7. The fourth-order valence-electron chi connectivity index (χ4n) is 1.93. The lowest BCUT2D eigenvalue weighted by Crippen LogP contribution is -2.32. The number of carbonyl (C=O) groups is 1. The lowest BCUT2D eigenvalue weighted by atomic mass is 10.1. The first-order valence-corrected chi connectivity index (χ1v) is 6.84. The number of amides is 1. The van der Waals surface area contributed by atoms with Gasteiger partial charge in [0.1, 0.15) is 11.9 Å². The molecule has 2 rings (SSSR count). The van der Waals surface area contributed by atoms with Gasteiger partial charge < -0.3 is 14.8 Å². The molecule has 118 valence electrons. The second-order valence-electron chi connectivity index (χ2n) is 4.62. The fraction of sp³-hybridized carbons (Fsp3) is 0.176. The number of nitrogens with one attached hydrogen (secondary N) is 1. The van der Waals surface area contributed by atoms with E-state index in [-0.39, 0.29) is 6.61 Å². The maximum absolute atomic E-state index is 12.9. The summed E-state index contributed by atoms with van der Waals surface area (Å²) in [6, 6.07) is 13.4. The standard InChI is InChI=1S/C17H15FN2O3/c1-22-15-4-2-3-5-16(15)23-11-17(21)20-14(10-19)12-6-8-13(18)9-7-12/h2-9,14H,11H2,1H3,(H,20,21)/t14-/m0/s1. The highest BCUT2D eigenvalue weighted by atomic mass is 19.1. The van der Waals surface area contributed by atoms with E-state index in [1.54, 1.807) is 24.3 Å². The van der Waals surface area contributed by atoms with Crippen molar-refractivity contribution in [2.75, 3.05) is 13.7 Å². The molecule has 0 saturated carbocycles. The number of carbonyl (C=O) groups excluding carboxylic acids is 1. The van der Waals surface area contributed by atoms with Crippen LogP contribution >= 0.6 is 0 Å². The highest BCUT2D eigenvalue weighted by molar-refractivity contribution is 5.78. The van der Waals surface area contributed by atoms with Gasteiger partial charge in [-0.3, -0.25) is 4.79 Å². The molecule has 1 N–H and O–H groups in total. The van der Waals surface area contributed by atoms with Gasteiger partial charge in [0.25, 0.3) is 5.91 Å². The van der Waals surface area contributed by atoms with Crippen LogP contribution in [0.3, 0.4) is 0 Å². The Kier molecular flexibility index (Phi) is 5.53. The number of halogens is 1. The van der Waals surface area contributed by atoms with Crippen molar-refractivity contribution in [2.24, 2.45) is 0 Å². The van der Waals surface area contributed by atoms with Gasteiger partial charge in [0.15, 0.2) is 18.1 Å². The number of rotatable bonds is 6. The van der Waals surface area contributed by atoms with Gasteiger partial charge in [0.2, 0.25) is 0 Å². The van der Waals surface area contributed by atoms with Gasteiger partial charge in [-0.1, -0.05) is 24.3 Å². The average Bonchev–Trinajstić information content (AvgIpc) is 2.59. The Morgan fingerprint density at radius 2 is 1.87 bits per heavy atom. The van der Waals surface area contributed by atoms with Crippen LogP contribution in [0.2, 0.25) is 0 Å². The number of nitriles is 1. The van der Waals surface area contributed by atoms with Crippen LogP contribution < -0.4 is 14.8 Å². The summed E-state index contributed by atoms with van der Waals surface area (Å²) < 4.78 is 23.4. The summed E-state index contributed by atoms with van der Waals surface area (Å²) in [5.74, 6) is 0.0687. The lowest BCUT2D eigenvalue weighted by molar-refractivity contribution is -0.123. The van der Waals surface area contributed by atoms with Crippen LogP contribution in [-0.4, -0.2) is 19.6 Å². The predicted octanol–water partition coefficient (Wildman–Crippen LogP) is 2.59. The Morgan fingerprint density at radius 3 is 2.48 bits per heavy atom. The van der Waals surface area contributed by atoms with E-state index in [0.29, 0.717) is 17.1 Å². The molecular formula is C17H15FN2O3. The molecule has 0 aliphatic rings. The average molecular weight is 314 g/mol. The highest BCUT2D eigenvalue weighted by Crippen LogP contribution is 2.25. The number of hydrogen-bond acceptors (Lipinski definition) is 4. The van der Waals surface area contributed by atoms with E-state index in [1.165, 1.54) is 31.4 Å². The van der Waals surface area contributed by atoms with Crippen molar-refractivity contribution in [3.8, 4) is 17.6 Å². The molecule has 0 bridgehead atoms. The molecule has 5 nitrogen and oxygen atoms in total. The number of para-hydroxylation sites is 2. The first-order valence-electron chi connectivity index (χ1n) is 6.84. The van der Waals surface area contributed by atoms with Gasteiger partial charge in [0, 0.05) is 0 Å². The topological polar surface area (TPSA) is 71.3 Å². The Labute approximate surface area is 133 Å². The maximum Gasteiger partial charge on any atom is 0.259 e. The first-order chi connectivity index (χ1) is 11.1. The molecule has 0 fully saturated rings. The molecule has 1 amide bonds. The number of ether oxygens (including phenoxy) is 2. The van der Waals surface area contributed by atoms with Gasteiger partial charge in [0.05, 0.1) is 13.2 Å². The minimum Gasteiger partial charge on any atom is -0.493 e. The van der Waals surface area contributed by atoms with Gasteiger partial charge in [-0.2, -0.15) is 5.26 Å². The molecule has 0 aromatic heterocycles. The summed E-state index contributed by atoms with van der Waals surface area (Å²) in [4.78, 5) is 11.9. The molecule has 0 aliphatic heterocycles. The normalized spacial score (nSPS) is 11.2. The van der Waals surface area contributed by atoms with Crippen LogP contribution in [-0.2, 0) is 4.79 Å². The zero-order chi connectivity index (χ0) is 16.7. The Hall–Kier alpha value is -3.07. The summed E-state index contributed by atoms with van der Waals surface area (Å²) in [6.07, 6.45) is 0. The van der Waals surface area contributed by atoms with Gasteiger partial charge in [-0.05, 0) is 29.8 Å². The third-order valence-electron chi connectivity index (χ3n) is 3.07. The third-order valence-corrected chi connectivity index (χ3v) is 3.07. The second-order valence-corrected chi connectivity index (χ2v) is 4.62. The summed E-state index contributed by atoms with van der Waals surface area (Å²) in [6.45, 7) is -0.264. The molecule has 2 aromatic carbocycles. The van der Waals surface area contributed by atoms with Crippen molar-refractivity contribution in [1.29, 1.82) is 5.26 Å². The first kappa shape index (κ1) is 16.3. The maximum atomic E-state index is 12.9. The third kappa shape index (κ3) is 4.45. The lowest BCUT2D eigenvalue weighted by Gasteiger charge is -2.13. The summed E-state index contributed by atoms with van der Waals surface area (Å²) in [5.41, 5.74) is 0.500. The minimum atomic E-state index is -0.871. The van der Waals surface area contributed by atoms with E-state index in [9.17, 15) is 9.18 Å². The van der Waals surface area contributed by atoms with Crippen LogP contribution in [0.15, 0.2) is 48.5 Å². The molecule has 0 unspecified atom stereocenters. The number of hydrogen-bond donors (Lipinski definition) is 1. The van der Waals surface area contributed by atoms with E-state index in [0.717, 1.165) is 0 Å². The van der Waals surface area contributed by atoms with Crippen LogP contribution in [0.1, 0.15) is 11.6 Å². The van der Waals surface area contributed by atoms with Crippen LogP contribution in [0.25, 0.3) is 0 Å². The Balaban J connectivity index is 1.95. The van der Waals surface area contributed by atoms with E-state index >= 15 is 0 Å². The van der Waals surface area contributed by atoms with Crippen molar-refractivity contribution in [2.45, 2.75) is 6.04 Å². The summed E-state index contributed by atoms with van der Waals surface area (Å²) in [7, 11) is 1.50. The van der Waals surface area contributed by atoms with Gasteiger partial charge >= 0.3 is 0 Å². The smallest absolute Gasteiger partial charge is 0.259 e. The molecule has 6 heteroatoms. The fourth-order valence-corrected chi connectivity index (χ4v) is 1.93. The zero-order valence-electron chi connectivity index (χ0n) is 12.5. The molecule has 2 aromatic rings. The molecule has 1 atom stereocenters. The van der Waals surface area contributed by atoms with E-state index < -0.39 is 17.8 Å². The zero-order valence-corrected chi connectivity index (χ0v) is 12.5. The van der Waals surface area contributed by atoms with Crippen LogP contribution in [0, 0.1) is 17.1 Å². The number of nitrogens with zero attached hydrogens (tertiary/aromatic N) is 1. The van der Waals surface area contributed by atoms with Crippen molar-refractivity contribution in [3.05, 3.63) is 59.9 Å². The summed E-state index contributed by atoms with van der Waals surface area (Å²) >= 11 is 0. The predicted molar refractivity (Wildman–Crippen MR) is 81.4 cm³/mol. The molecule has 0 saturated heterocycles. The molecule has 0 heterocycles. The quantitative estimate of drug-likeness (QED) is 0.889. The number of methoxy groups -OCH3 is 1. The van der Waals surface area contributed by atoms with Gasteiger partial charge in [-0.15, -0.1) is 0 Å². The van der Waals surface area contributed by atoms with E-state index in [1.807, 2.05) is 6.07 Å². The van der Waals surface area contributed by atoms with E-state index in [2.05, 4.69) is 5.32 Å². The van der Waals surface area contributed by atoms with E-state index in [4.69, 9.17) is 14.7 Å². The van der Waals surface area contributed by atoms with Crippen molar-refractivity contribution < 1.29 is 18.7 Å². The van der Waals surface area contributed by atoms with Crippen molar-refractivity contribution in [3.63, 3.8) is 0 Å². The van der Waals surface area contributed by atoms with Crippen LogP contribution in [0.5, 0.6) is 11.5 Å². The monoisotopic (exact) mass is 314 g/mol. The van der Waals surface area contributed by atoms with Crippen molar-refractivity contribution >= 4 is 5.91 Å². The minimum absolute atomic E-state index is 0.264. The molecule has 0 aliphatic carbocycles. The number of benzene rings is 2. The van der Waals surface area contributed by atoms with Crippen molar-refractivity contribution in [1.82, 2.24) is 5.32 Å². The van der Waals surface area contributed by atoms with Crippen LogP contribution in [0.4, 0.5) is 4.39 Å². The Morgan fingerprint density at radius 1 is 1.22 bits per heavy atom. The van der Waals surface area contributed by atoms with Gasteiger partial charge in [-0.25, -0.2) is 4.39 Å². The SMILES string of the molecule is COc1ccccc1OCC(=O)N[C@@H](C#N)c1ccc(F)cc1. The Bertz CT molecular complexity index is 711.